The molecule has 58 valence electrons. The number of quaternary nitrogens is 2. The molecule has 0 saturated heterocycles. The standard InChI is InChI=1S/Cu.2H3N.H2O4S/c;;;1-5(2,3)4/h;2*1H3;(H2,1,2,3,4)/q+1;;;. The molecule has 0 aromatic rings. The molecule has 0 radical (unpaired) electrons. The normalized spacial score (nSPS) is 7.25. The van der Waals surface area contributed by atoms with E-state index in [2.05, 4.69) is 0 Å². The molecule has 0 bridgehead atoms. The fourth-order valence-electron chi connectivity index (χ4n) is 0. The van der Waals surface area contributed by atoms with E-state index in [9.17, 15) is 0 Å². The van der Waals surface area contributed by atoms with Gasteiger partial charge in [0.25, 0.3) is 0 Å². The average molecular weight is 196 g/mol. The van der Waals surface area contributed by atoms with Gasteiger partial charge in [0.1, 0.15) is 0 Å². The zero-order valence-corrected chi connectivity index (χ0v) is 6.10. The first-order valence-electron chi connectivity index (χ1n) is 0.667. The molecule has 8 heavy (non-hydrogen) atoms. The Balaban J connectivity index is -0.0000000267. The second-order valence-electron chi connectivity index (χ2n) is 0.408. The Morgan fingerprint density at radius 2 is 1.00 bits per heavy atom. The average Bonchev–Trinajstić information content (AvgIpc) is 0.722. The number of rotatable bonds is 0. The van der Waals surface area contributed by atoms with Crippen molar-refractivity contribution in [2.45, 2.75) is 0 Å². The first-order chi connectivity index (χ1) is 2.00. The van der Waals surface area contributed by atoms with E-state index in [0.717, 1.165) is 0 Å². The van der Waals surface area contributed by atoms with Crippen LogP contribution in [-0.4, -0.2) is 17.5 Å². The quantitative estimate of drug-likeness (QED) is 0.301. The van der Waals surface area contributed by atoms with Gasteiger partial charge in [0.15, 0.2) is 0 Å². The van der Waals surface area contributed by atoms with Crippen molar-refractivity contribution in [2.24, 2.45) is 0 Å². The summed E-state index contributed by atoms with van der Waals surface area (Å²) in [5.74, 6) is 0. The maximum absolute atomic E-state index is 8.52. The summed E-state index contributed by atoms with van der Waals surface area (Å²) in [7, 11) is -5.17. The summed E-state index contributed by atoms with van der Waals surface area (Å²) in [5.41, 5.74) is 0. The van der Waals surface area contributed by atoms with Crippen LogP contribution in [0.3, 0.4) is 0 Å². The molecule has 0 aromatic heterocycles. The van der Waals surface area contributed by atoms with E-state index < -0.39 is 10.4 Å². The molecule has 0 fully saturated rings. The summed E-state index contributed by atoms with van der Waals surface area (Å²) in [4.78, 5) is 0. The Labute approximate surface area is 57.9 Å². The fraction of sp³-hybridized carbons (Fsp3) is 0. The smallest absolute Gasteiger partial charge is 0.759 e. The molecule has 0 aliphatic heterocycles. The molecule has 8 heteroatoms. The van der Waals surface area contributed by atoms with E-state index in [4.69, 9.17) is 17.5 Å². The molecular weight excluding hydrogens is 188 g/mol. The van der Waals surface area contributed by atoms with E-state index in [1.807, 2.05) is 0 Å². The van der Waals surface area contributed by atoms with Gasteiger partial charge in [-0.1, -0.05) is 0 Å². The van der Waals surface area contributed by atoms with Gasteiger partial charge in [-0.25, -0.2) is 0 Å². The van der Waals surface area contributed by atoms with Gasteiger partial charge in [-0.05, 0) is 0 Å². The predicted octanol–water partition coefficient (Wildman–Crippen LogP) is -0.588. The predicted molar refractivity (Wildman–Crippen MR) is 22.4 cm³/mol. The molecule has 0 spiro atoms. The molecule has 0 saturated carbocycles. The van der Waals surface area contributed by atoms with Crippen molar-refractivity contribution in [2.75, 3.05) is 0 Å². The third-order valence-electron chi connectivity index (χ3n) is 0. The zero-order valence-electron chi connectivity index (χ0n) is 4.34. The largest absolute Gasteiger partial charge is 1.00 e. The van der Waals surface area contributed by atoms with E-state index in [1.54, 1.807) is 0 Å². The molecule has 0 heterocycles. The Morgan fingerprint density at radius 3 is 1.00 bits per heavy atom. The molecule has 0 atom stereocenters. The van der Waals surface area contributed by atoms with E-state index >= 15 is 0 Å². The Bertz CT molecular complexity index is 97.2. The third kappa shape index (κ3) is 1860. The molecule has 0 aromatic carbocycles. The van der Waals surface area contributed by atoms with Crippen molar-refractivity contribution in [1.82, 2.24) is 12.3 Å². The van der Waals surface area contributed by atoms with Crippen molar-refractivity contribution < 1.29 is 34.6 Å². The van der Waals surface area contributed by atoms with Gasteiger partial charge < -0.3 is 21.4 Å². The summed E-state index contributed by atoms with van der Waals surface area (Å²) < 4.78 is 34.1. The maximum Gasteiger partial charge on any atom is 1.00 e. The van der Waals surface area contributed by atoms with E-state index in [1.165, 1.54) is 0 Å². The molecule has 0 rings (SSSR count). The topological polar surface area (TPSA) is 153 Å². The van der Waals surface area contributed by atoms with Gasteiger partial charge in [-0.3, -0.25) is 8.42 Å². The van der Waals surface area contributed by atoms with Gasteiger partial charge in [-0.15, -0.1) is 0 Å². The summed E-state index contributed by atoms with van der Waals surface area (Å²) in [6, 6.07) is 0. The Kier molecular flexibility index (Phi) is 21.8. The molecule has 0 amide bonds. The molecular formula is H8CuN2O4S+. The van der Waals surface area contributed by atoms with Crippen molar-refractivity contribution in [1.29, 1.82) is 0 Å². The maximum atomic E-state index is 8.52. The van der Waals surface area contributed by atoms with Crippen LogP contribution in [0.15, 0.2) is 0 Å². The second-order valence-corrected chi connectivity index (χ2v) is 1.22. The molecule has 0 aliphatic rings. The zero-order chi connectivity index (χ0) is 4.50. The van der Waals surface area contributed by atoms with Crippen molar-refractivity contribution >= 4 is 10.4 Å². The second kappa shape index (κ2) is 7.31. The van der Waals surface area contributed by atoms with E-state index in [-0.39, 0.29) is 29.4 Å². The minimum Gasteiger partial charge on any atom is -0.759 e. The first kappa shape index (κ1) is 23.9. The van der Waals surface area contributed by atoms with Crippen LogP contribution in [0.1, 0.15) is 0 Å². The van der Waals surface area contributed by atoms with Crippen LogP contribution in [-0.2, 0) is 27.5 Å². The van der Waals surface area contributed by atoms with Gasteiger partial charge >= 0.3 is 17.1 Å². The summed E-state index contributed by atoms with van der Waals surface area (Å²) in [6.07, 6.45) is 0. The summed E-state index contributed by atoms with van der Waals surface area (Å²) >= 11 is 0. The minimum atomic E-state index is -5.17. The number of hydrogen-bond acceptors (Lipinski definition) is 4. The Morgan fingerprint density at radius 1 is 1.00 bits per heavy atom. The summed E-state index contributed by atoms with van der Waals surface area (Å²) in [5, 5.41) is 0. The van der Waals surface area contributed by atoms with Gasteiger partial charge in [0.05, 0.1) is 0 Å². The molecule has 0 unspecified atom stereocenters. The van der Waals surface area contributed by atoms with Crippen molar-refractivity contribution in [3.8, 4) is 0 Å². The summed E-state index contributed by atoms with van der Waals surface area (Å²) in [6.45, 7) is 0. The van der Waals surface area contributed by atoms with Crippen LogP contribution in [0.5, 0.6) is 0 Å². The molecule has 6 nitrogen and oxygen atoms in total. The van der Waals surface area contributed by atoms with Crippen molar-refractivity contribution in [3.05, 3.63) is 0 Å². The fourth-order valence-corrected chi connectivity index (χ4v) is 0. The first-order valence-corrected chi connectivity index (χ1v) is 2.00. The minimum absolute atomic E-state index is 0. The third-order valence-corrected chi connectivity index (χ3v) is 0. The monoisotopic (exact) mass is 195 g/mol. The van der Waals surface area contributed by atoms with Gasteiger partial charge in [0, 0.05) is 10.4 Å². The van der Waals surface area contributed by atoms with Crippen LogP contribution in [0, 0.1) is 0 Å². The van der Waals surface area contributed by atoms with Crippen LogP contribution in [0.2, 0.25) is 0 Å². The van der Waals surface area contributed by atoms with Crippen LogP contribution in [0.25, 0.3) is 0 Å². The number of hydrogen-bond donors (Lipinski definition) is 2. The Hall–Kier alpha value is 0.309. The van der Waals surface area contributed by atoms with Crippen LogP contribution in [0.4, 0.5) is 0 Å². The van der Waals surface area contributed by atoms with E-state index in [0.29, 0.717) is 0 Å². The molecule has 0 aliphatic carbocycles. The van der Waals surface area contributed by atoms with Crippen molar-refractivity contribution in [3.63, 3.8) is 0 Å². The van der Waals surface area contributed by atoms with Crippen LogP contribution >= 0.6 is 0 Å². The van der Waals surface area contributed by atoms with Gasteiger partial charge in [-0.2, -0.15) is 0 Å². The van der Waals surface area contributed by atoms with Crippen LogP contribution < -0.4 is 12.3 Å². The van der Waals surface area contributed by atoms with Gasteiger partial charge in [0.2, 0.25) is 0 Å². The SMILES string of the molecule is O=S(=O)([O-])[O-].[Cu+].[NH4+].[NH4+]. The molecule has 8 N–H and O–H groups in total.